The van der Waals surface area contributed by atoms with E-state index < -0.39 is 6.04 Å². The van der Waals surface area contributed by atoms with Crippen LogP contribution in [0.4, 0.5) is 0 Å². The normalized spacial score (nSPS) is 12.4. The monoisotopic (exact) mass is 243 g/mol. The fourth-order valence-electron chi connectivity index (χ4n) is 1.89. The van der Waals surface area contributed by atoms with Crippen LogP contribution >= 0.6 is 0 Å². The summed E-state index contributed by atoms with van der Waals surface area (Å²) >= 11 is 0. The lowest BCUT2D eigenvalue weighted by molar-refractivity contribution is 0.263. The lowest BCUT2D eigenvalue weighted by Crippen LogP contribution is -2.17. The third-order valence-electron chi connectivity index (χ3n) is 2.86. The maximum Gasteiger partial charge on any atom is 0.147 e. The molecule has 4 heteroatoms. The summed E-state index contributed by atoms with van der Waals surface area (Å²) in [5, 5.41) is 9.04. The number of rotatable bonds is 3. The molecule has 0 spiro atoms. The smallest absolute Gasteiger partial charge is 0.147 e. The minimum atomic E-state index is -0.532. The first kappa shape index (κ1) is 12.7. The lowest BCUT2D eigenvalue weighted by atomic mass is 10.0. The van der Waals surface area contributed by atoms with E-state index in [1.54, 1.807) is 6.20 Å². The summed E-state index contributed by atoms with van der Waals surface area (Å²) in [6.07, 6.45) is 1.67. The number of aliphatic hydroxyl groups is 1. The van der Waals surface area contributed by atoms with Gasteiger partial charge in [0.2, 0.25) is 0 Å². The van der Waals surface area contributed by atoms with Crippen LogP contribution < -0.4 is 5.73 Å². The molecule has 94 valence electrons. The van der Waals surface area contributed by atoms with Gasteiger partial charge in [-0.05, 0) is 25.5 Å². The van der Waals surface area contributed by atoms with E-state index in [4.69, 9.17) is 10.8 Å². The highest BCUT2D eigenvalue weighted by molar-refractivity contribution is 5.63. The second kappa shape index (κ2) is 5.25. The van der Waals surface area contributed by atoms with Crippen LogP contribution in [0.5, 0.6) is 0 Å². The van der Waals surface area contributed by atoms with E-state index in [2.05, 4.69) is 35.9 Å². The van der Waals surface area contributed by atoms with Gasteiger partial charge in [0.25, 0.3) is 0 Å². The summed E-state index contributed by atoms with van der Waals surface area (Å²) in [5.41, 5.74) is 10.0. The third-order valence-corrected chi connectivity index (χ3v) is 2.86. The van der Waals surface area contributed by atoms with Gasteiger partial charge in [-0.2, -0.15) is 0 Å². The zero-order chi connectivity index (χ0) is 13.1. The highest BCUT2D eigenvalue weighted by atomic mass is 16.3. The maximum absolute atomic E-state index is 9.04. The summed E-state index contributed by atoms with van der Waals surface area (Å²) in [5.74, 6) is 0.468. The molecule has 0 aliphatic carbocycles. The van der Waals surface area contributed by atoms with E-state index in [9.17, 15) is 0 Å². The van der Waals surface area contributed by atoms with Crippen molar-refractivity contribution < 1.29 is 5.11 Å². The van der Waals surface area contributed by atoms with Gasteiger partial charge < -0.3 is 10.8 Å². The first-order valence-electron chi connectivity index (χ1n) is 5.89. The Hall–Kier alpha value is -1.78. The number of aryl methyl sites for hydroxylation is 2. The predicted octanol–water partition coefficient (Wildman–Crippen LogP) is 1.75. The zero-order valence-electron chi connectivity index (χ0n) is 10.6. The van der Waals surface area contributed by atoms with E-state index in [0.717, 1.165) is 16.8 Å². The van der Waals surface area contributed by atoms with Gasteiger partial charge in [-0.1, -0.05) is 23.8 Å². The molecule has 2 rings (SSSR count). The molecule has 0 radical (unpaired) electrons. The van der Waals surface area contributed by atoms with Gasteiger partial charge in [-0.25, -0.2) is 9.97 Å². The van der Waals surface area contributed by atoms with Crippen LogP contribution in [-0.2, 0) is 0 Å². The Bertz CT molecular complexity index is 554. The summed E-state index contributed by atoms with van der Waals surface area (Å²) in [4.78, 5) is 8.49. The van der Waals surface area contributed by atoms with Gasteiger partial charge in [0.15, 0.2) is 0 Å². The van der Waals surface area contributed by atoms with Crippen LogP contribution in [0.2, 0.25) is 0 Å². The first-order valence-corrected chi connectivity index (χ1v) is 5.89. The van der Waals surface area contributed by atoms with Crippen molar-refractivity contribution in [1.29, 1.82) is 0 Å². The Morgan fingerprint density at radius 3 is 2.72 bits per heavy atom. The topological polar surface area (TPSA) is 72.0 Å². The number of hydrogen-bond donors (Lipinski definition) is 2. The quantitative estimate of drug-likeness (QED) is 0.861. The Morgan fingerprint density at radius 2 is 2.06 bits per heavy atom. The van der Waals surface area contributed by atoms with Gasteiger partial charge in [-0.3, -0.25) is 0 Å². The molecule has 0 aliphatic heterocycles. The summed E-state index contributed by atoms with van der Waals surface area (Å²) < 4.78 is 0. The second-order valence-electron chi connectivity index (χ2n) is 4.41. The van der Waals surface area contributed by atoms with Gasteiger partial charge in [0, 0.05) is 11.8 Å². The van der Waals surface area contributed by atoms with Gasteiger partial charge in [-0.15, -0.1) is 0 Å². The van der Waals surface area contributed by atoms with E-state index >= 15 is 0 Å². The molecule has 0 bridgehead atoms. The molecule has 1 aromatic heterocycles. The SMILES string of the molecule is Cc1ccc(-c2ccnc(C(N)CO)n2)c(C)c1. The average Bonchev–Trinajstić information content (AvgIpc) is 2.38. The molecule has 2 aromatic rings. The van der Waals surface area contributed by atoms with Crippen molar-refractivity contribution >= 4 is 0 Å². The molecule has 1 aromatic carbocycles. The van der Waals surface area contributed by atoms with Crippen molar-refractivity contribution in [2.75, 3.05) is 6.61 Å². The summed E-state index contributed by atoms with van der Waals surface area (Å²) in [6, 6.07) is 7.53. The van der Waals surface area contributed by atoms with E-state index in [1.807, 2.05) is 12.1 Å². The standard InChI is InChI=1S/C14H17N3O/c1-9-3-4-11(10(2)7-9)13-5-6-16-14(17-13)12(15)8-18/h3-7,12,18H,8,15H2,1-2H3. The number of nitrogens with zero attached hydrogens (tertiary/aromatic N) is 2. The molecule has 0 saturated carbocycles. The molecule has 1 heterocycles. The molecule has 4 nitrogen and oxygen atoms in total. The minimum Gasteiger partial charge on any atom is -0.394 e. The van der Waals surface area contributed by atoms with Gasteiger partial charge >= 0.3 is 0 Å². The van der Waals surface area contributed by atoms with E-state index in [0.29, 0.717) is 5.82 Å². The Labute approximate surface area is 107 Å². The number of aromatic nitrogens is 2. The van der Waals surface area contributed by atoms with Crippen molar-refractivity contribution in [2.45, 2.75) is 19.9 Å². The fourth-order valence-corrected chi connectivity index (χ4v) is 1.89. The highest BCUT2D eigenvalue weighted by Crippen LogP contribution is 2.22. The molecule has 18 heavy (non-hydrogen) atoms. The molecular formula is C14H17N3O. The summed E-state index contributed by atoms with van der Waals surface area (Å²) in [7, 11) is 0. The Morgan fingerprint density at radius 1 is 1.28 bits per heavy atom. The predicted molar refractivity (Wildman–Crippen MR) is 71.0 cm³/mol. The van der Waals surface area contributed by atoms with Crippen molar-refractivity contribution in [3.63, 3.8) is 0 Å². The van der Waals surface area contributed by atoms with Gasteiger partial charge in [0.05, 0.1) is 18.3 Å². The highest BCUT2D eigenvalue weighted by Gasteiger charge is 2.10. The zero-order valence-corrected chi connectivity index (χ0v) is 10.6. The van der Waals surface area contributed by atoms with E-state index in [-0.39, 0.29) is 6.61 Å². The molecule has 1 unspecified atom stereocenters. The van der Waals surface area contributed by atoms with Crippen molar-refractivity contribution in [3.8, 4) is 11.3 Å². The maximum atomic E-state index is 9.04. The Kier molecular flexibility index (Phi) is 3.69. The van der Waals surface area contributed by atoms with Crippen molar-refractivity contribution in [1.82, 2.24) is 9.97 Å². The fraction of sp³-hybridized carbons (Fsp3) is 0.286. The number of benzene rings is 1. The molecule has 0 saturated heterocycles. The molecule has 3 N–H and O–H groups in total. The lowest BCUT2D eigenvalue weighted by Gasteiger charge is -2.10. The molecule has 1 atom stereocenters. The minimum absolute atomic E-state index is 0.156. The molecular weight excluding hydrogens is 226 g/mol. The molecule has 0 aliphatic rings. The number of hydrogen-bond acceptors (Lipinski definition) is 4. The van der Waals surface area contributed by atoms with Crippen LogP contribution in [0, 0.1) is 13.8 Å². The third kappa shape index (κ3) is 2.55. The first-order chi connectivity index (χ1) is 8.61. The van der Waals surface area contributed by atoms with Crippen molar-refractivity contribution in [2.24, 2.45) is 5.73 Å². The van der Waals surface area contributed by atoms with Crippen LogP contribution in [-0.4, -0.2) is 21.7 Å². The summed E-state index contributed by atoms with van der Waals surface area (Å²) in [6.45, 7) is 3.95. The Balaban J connectivity index is 2.44. The molecule has 0 amide bonds. The number of nitrogens with two attached hydrogens (primary N) is 1. The number of aliphatic hydroxyl groups excluding tert-OH is 1. The van der Waals surface area contributed by atoms with Crippen LogP contribution in [0.25, 0.3) is 11.3 Å². The van der Waals surface area contributed by atoms with Crippen LogP contribution in [0.1, 0.15) is 23.0 Å². The molecule has 0 fully saturated rings. The second-order valence-corrected chi connectivity index (χ2v) is 4.41. The van der Waals surface area contributed by atoms with Crippen LogP contribution in [0.15, 0.2) is 30.5 Å². The van der Waals surface area contributed by atoms with E-state index in [1.165, 1.54) is 5.56 Å². The average molecular weight is 243 g/mol. The van der Waals surface area contributed by atoms with Crippen LogP contribution in [0.3, 0.4) is 0 Å². The van der Waals surface area contributed by atoms with Crippen molar-refractivity contribution in [3.05, 3.63) is 47.4 Å². The largest absolute Gasteiger partial charge is 0.394 e. The van der Waals surface area contributed by atoms with Gasteiger partial charge in [0.1, 0.15) is 5.82 Å².